The SMILES string of the molecule is N#Cc1ncccc1OC1CCCCCC1N. The van der Waals surface area contributed by atoms with Gasteiger partial charge in [0.1, 0.15) is 12.2 Å². The predicted octanol–water partition coefficient (Wildman–Crippen LogP) is 1.99. The van der Waals surface area contributed by atoms with Crippen molar-refractivity contribution in [3.8, 4) is 11.8 Å². The summed E-state index contributed by atoms with van der Waals surface area (Å²) < 4.78 is 5.86. The lowest BCUT2D eigenvalue weighted by molar-refractivity contribution is 0.161. The van der Waals surface area contributed by atoms with Gasteiger partial charge in [-0.25, -0.2) is 4.98 Å². The topological polar surface area (TPSA) is 71.9 Å². The molecule has 2 rings (SSSR count). The van der Waals surface area contributed by atoms with Crippen LogP contribution in [-0.2, 0) is 0 Å². The van der Waals surface area contributed by atoms with Crippen molar-refractivity contribution < 1.29 is 4.74 Å². The minimum Gasteiger partial charge on any atom is -0.486 e. The molecule has 0 bridgehead atoms. The summed E-state index contributed by atoms with van der Waals surface area (Å²) in [6.07, 6.45) is 7.08. The Bertz CT molecular complexity index is 413. The summed E-state index contributed by atoms with van der Waals surface area (Å²) >= 11 is 0. The summed E-state index contributed by atoms with van der Waals surface area (Å²) in [5.41, 5.74) is 6.43. The number of ether oxygens (including phenoxy) is 1. The molecule has 1 aliphatic rings. The van der Waals surface area contributed by atoms with Crippen molar-refractivity contribution in [2.45, 2.75) is 44.2 Å². The minimum atomic E-state index is 0.00815. The van der Waals surface area contributed by atoms with Gasteiger partial charge in [-0.15, -0.1) is 0 Å². The lowest BCUT2D eigenvalue weighted by Crippen LogP contribution is -2.38. The first-order chi connectivity index (χ1) is 8.31. The molecule has 0 aliphatic heterocycles. The number of rotatable bonds is 2. The van der Waals surface area contributed by atoms with Gasteiger partial charge in [-0.3, -0.25) is 0 Å². The minimum absolute atomic E-state index is 0.00815. The van der Waals surface area contributed by atoms with Crippen molar-refractivity contribution >= 4 is 0 Å². The highest BCUT2D eigenvalue weighted by Gasteiger charge is 2.22. The van der Waals surface area contributed by atoms with Crippen LogP contribution in [-0.4, -0.2) is 17.1 Å². The van der Waals surface area contributed by atoms with Crippen molar-refractivity contribution in [2.75, 3.05) is 0 Å². The van der Waals surface area contributed by atoms with E-state index in [2.05, 4.69) is 4.98 Å². The fourth-order valence-electron chi connectivity index (χ4n) is 2.18. The van der Waals surface area contributed by atoms with Gasteiger partial charge in [0.2, 0.25) is 0 Å². The van der Waals surface area contributed by atoms with Crippen LogP contribution in [0.15, 0.2) is 18.3 Å². The fraction of sp³-hybridized carbons (Fsp3) is 0.538. The number of pyridine rings is 1. The smallest absolute Gasteiger partial charge is 0.182 e. The summed E-state index contributed by atoms with van der Waals surface area (Å²) in [5.74, 6) is 0.553. The highest BCUT2D eigenvalue weighted by Crippen LogP contribution is 2.23. The van der Waals surface area contributed by atoms with Crippen molar-refractivity contribution in [1.82, 2.24) is 4.98 Å². The molecule has 1 aromatic heterocycles. The predicted molar refractivity (Wildman–Crippen MR) is 64.4 cm³/mol. The number of aromatic nitrogens is 1. The van der Waals surface area contributed by atoms with Crippen molar-refractivity contribution in [3.05, 3.63) is 24.0 Å². The third kappa shape index (κ3) is 2.95. The molecule has 0 aromatic carbocycles. The van der Waals surface area contributed by atoms with E-state index in [1.54, 1.807) is 18.3 Å². The Hall–Kier alpha value is -1.60. The number of nitrogens with two attached hydrogens (primary N) is 1. The van der Waals surface area contributed by atoms with E-state index in [0.717, 1.165) is 19.3 Å². The average Bonchev–Trinajstić information content (AvgIpc) is 2.56. The highest BCUT2D eigenvalue weighted by atomic mass is 16.5. The highest BCUT2D eigenvalue weighted by molar-refractivity contribution is 5.36. The Balaban J connectivity index is 2.11. The molecule has 1 saturated carbocycles. The molecule has 2 unspecified atom stereocenters. The Morgan fingerprint density at radius 3 is 3.00 bits per heavy atom. The van der Waals surface area contributed by atoms with Gasteiger partial charge in [0, 0.05) is 12.2 Å². The van der Waals surface area contributed by atoms with Crippen LogP contribution in [0.1, 0.15) is 37.8 Å². The van der Waals surface area contributed by atoms with Crippen LogP contribution < -0.4 is 10.5 Å². The molecule has 2 N–H and O–H groups in total. The first-order valence-electron chi connectivity index (χ1n) is 6.08. The second-order valence-corrected chi connectivity index (χ2v) is 4.42. The molecule has 1 aromatic rings. The molecule has 1 aliphatic carbocycles. The summed E-state index contributed by atoms with van der Waals surface area (Å²) in [6, 6.07) is 5.66. The number of nitrogens with zero attached hydrogens (tertiary/aromatic N) is 2. The van der Waals surface area contributed by atoms with Gasteiger partial charge in [-0.05, 0) is 31.4 Å². The maximum Gasteiger partial charge on any atom is 0.182 e. The van der Waals surface area contributed by atoms with Gasteiger partial charge < -0.3 is 10.5 Å². The lowest BCUT2D eigenvalue weighted by Gasteiger charge is -2.23. The largest absolute Gasteiger partial charge is 0.486 e. The van der Waals surface area contributed by atoms with Gasteiger partial charge in [0.15, 0.2) is 11.4 Å². The van der Waals surface area contributed by atoms with Crippen LogP contribution in [0.3, 0.4) is 0 Å². The van der Waals surface area contributed by atoms with Gasteiger partial charge in [0.25, 0.3) is 0 Å². The molecule has 4 heteroatoms. The Morgan fingerprint density at radius 2 is 2.18 bits per heavy atom. The quantitative estimate of drug-likeness (QED) is 0.790. The molecule has 0 amide bonds. The fourth-order valence-corrected chi connectivity index (χ4v) is 2.18. The third-order valence-electron chi connectivity index (χ3n) is 3.16. The first-order valence-corrected chi connectivity index (χ1v) is 6.08. The maximum absolute atomic E-state index is 8.95. The number of hydrogen-bond acceptors (Lipinski definition) is 4. The second kappa shape index (κ2) is 5.65. The molecular weight excluding hydrogens is 214 g/mol. The van der Waals surface area contributed by atoms with Crippen molar-refractivity contribution in [2.24, 2.45) is 5.73 Å². The summed E-state index contributed by atoms with van der Waals surface area (Å²) in [5, 5.41) is 8.95. The molecule has 2 atom stereocenters. The van der Waals surface area contributed by atoms with E-state index in [-0.39, 0.29) is 12.1 Å². The van der Waals surface area contributed by atoms with E-state index in [1.165, 1.54) is 12.8 Å². The average molecular weight is 231 g/mol. The molecule has 17 heavy (non-hydrogen) atoms. The van der Waals surface area contributed by atoms with E-state index >= 15 is 0 Å². The molecule has 1 heterocycles. The zero-order chi connectivity index (χ0) is 12.1. The van der Waals surface area contributed by atoms with Crippen LogP contribution in [0.2, 0.25) is 0 Å². The number of nitriles is 1. The van der Waals surface area contributed by atoms with Crippen molar-refractivity contribution in [3.63, 3.8) is 0 Å². The van der Waals surface area contributed by atoms with Crippen LogP contribution in [0.25, 0.3) is 0 Å². The van der Waals surface area contributed by atoms with Crippen LogP contribution in [0.5, 0.6) is 5.75 Å². The summed E-state index contributed by atoms with van der Waals surface area (Å²) in [4.78, 5) is 3.98. The van der Waals surface area contributed by atoms with E-state index in [4.69, 9.17) is 15.7 Å². The standard InChI is InChI=1S/C13H17N3O/c14-9-11-13(7-4-8-16-11)17-12-6-3-1-2-5-10(12)15/h4,7-8,10,12H,1-3,5-6,15H2. The molecule has 1 fully saturated rings. The summed E-state index contributed by atoms with van der Waals surface area (Å²) in [7, 11) is 0. The zero-order valence-corrected chi connectivity index (χ0v) is 9.80. The van der Waals surface area contributed by atoms with E-state index < -0.39 is 0 Å². The monoisotopic (exact) mass is 231 g/mol. The second-order valence-electron chi connectivity index (χ2n) is 4.42. The van der Waals surface area contributed by atoms with Crippen LogP contribution in [0, 0.1) is 11.3 Å². The lowest BCUT2D eigenvalue weighted by atomic mass is 10.1. The van der Waals surface area contributed by atoms with E-state index in [9.17, 15) is 0 Å². The summed E-state index contributed by atoms with van der Waals surface area (Å²) in [6.45, 7) is 0. The molecular formula is C13H17N3O. The first kappa shape index (κ1) is 11.9. The molecule has 90 valence electrons. The molecule has 0 radical (unpaired) electrons. The zero-order valence-electron chi connectivity index (χ0n) is 9.80. The van der Waals surface area contributed by atoms with E-state index in [0.29, 0.717) is 11.4 Å². The molecule has 0 saturated heterocycles. The molecule has 0 spiro atoms. The van der Waals surface area contributed by atoms with E-state index in [1.807, 2.05) is 6.07 Å². The third-order valence-corrected chi connectivity index (χ3v) is 3.16. The Labute approximate surface area is 101 Å². The van der Waals surface area contributed by atoms with Gasteiger partial charge >= 0.3 is 0 Å². The Morgan fingerprint density at radius 1 is 1.35 bits per heavy atom. The van der Waals surface area contributed by atoms with Crippen LogP contribution in [0.4, 0.5) is 0 Å². The normalized spacial score (nSPS) is 24.7. The van der Waals surface area contributed by atoms with Crippen molar-refractivity contribution in [1.29, 1.82) is 5.26 Å². The van der Waals surface area contributed by atoms with Gasteiger partial charge in [-0.1, -0.05) is 12.8 Å². The molecule has 4 nitrogen and oxygen atoms in total. The van der Waals surface area contributed by atoms with Crippen LogP contribution >= 0.6 is 0 Å². The Kier molecular flexibility index (Phi) is 3.94. The number of hydrogen-bond donors (Lipinski definition) is 1. The van der Waals surface area contributed by atoms with Gasteiger partial charge in [0.05, 0.1) is 0 Å². The van der Waals surface area contributed by atoms with Gasteiger partial charge in [-0.2, -0.15) is 5.26 Å². The maximum atomic E-state index is 8.95.